The van der Waals surface area contributed by atoms with Crippen LogP contribution in [0.2, 0.25) is 0 Å². The molecule has 0 saturated carbocycles. The molecule has 4 heterocycles. The van der Waals surface area contributed by atoms with E-state index in [9.17, 15) is 14.0 Å². The number of hydrogen-bond acceptors (Lipinski definition) is 7. The van der Waals surface area contributed by atoms with Gasteiger partial charge in [-0.05, 0) is 12.1 Å². The first-order valence-electron chi connectivity index (χ1n) is 9.36. The summed E-state index contributed by atoms with van der Waals surface area (Å²) in [4.78, 5) is 38.5. The average Bonchev–Trinajstić information content (AvgIpc) is 3.17. The summed E-state index contributed by atoms with van der Waals surface area (Å²) in [5, 5.41) is 0.104. The van der Waals surface area contributed by atoms with Crippen molar-refractivity contribution in [2.75, 3.05) is 31.2 Å². The summed E-state index contributed by atoms with van der Waals surface area (Å²) in [6.07, 6.45) is 2.72. The molecule has 2 aliphatic heterocycles. The molecule has 1 spiro atoms. The van der Waals surface area contributed by atoms with Crippen LogP contribution in [-0.2, 0) is 9.47 Å². The molecule has 0 amide bonds. The standard InChI is InChI=1S/C19H18FN5O4/c20-13-3-1-2-4-14(13)25-16(26)12-11-21-17(22-15(12)23-18(25)27)24-7-5-19(6-8-24)28-9-10-29-19/h1-4,11H,5-10H2,(H,21,22,23,27). The Morgan fingerprint density at radius 3 is 2.55 bits per heavy atom. The number of H-pyrrole nitrogens is 1. The van der Waals surface area contributed by atoms with Crippen LogP contribution in [0, 0.1) is 5.82 Å². The van der Waals surface area contributed by atoms with Crippen molar-refractivity contribution in [3.63, 3.8) is 0 Å². The average molecular weight is 399 g/mol. The van der Waals surface area contributed by atoms with Crippen LogP contribution >= 0.6 is 0 Å². The van der Waals surface area contributed by atoms with Gasteiger partial charge in [-0.3, -0.25) is 9.78 Å². The zero-order valence-corrected chi connectivity index (χ0v) is 15.4. The first-order valence-corrected chi connectivity index (χ1v) is 9.36. The van der Waals surface area contributed by atoms with E-state index in [0.717, 1.165) is 4.57 Å². The lowest BCUT2D eigenvalue weighted by molar-refractivity contribution is -0.169. The quantitative estimate of drug-likeness (QED) is 0.685. The van der Waals surface area contributed by atoms with E-state index in [1.165, 1.54) is 24.4 Å². The summed E-state index contributed by atoms with van der Waals surface area (Å²) in [5.74, 6) is -0.783. The molecular formula is C19H18FN5O4. The van der Waals surface area contributed by atoms with Crippen LogP contribution in [0.5, 0.6) is 0 Å². The van der Waals surface area contributed by atoms with Crippen LogP contribution in [0.25, 0.3) is 16.7 Å². The Bertz CT molecular complexity index is 1190. The third kappa shape index (κ3) is 3.00. The van der Waals surface area contributed by atoms with Gasteiger partial charge in [0.25, 0.3) is 5.56 Å². The molecule has 5 rings (SSSR count). The number of hydrogen-bond donors (Lipinski definition) is 1. The largest absolute Gasteiger partial charge is 0.347 e. The van der Waals surface area contributed by atoms with Crippen LogP contribution in [0.1, 0.15) is 12.8 Å². The number of nitrogens with one attached hydrogen (secondary N) is 1. The molecule has 9 nitrogen and oxygen atoms in total. The van der Waals surface area contributed by atoms with Crippen molar-refractivity contribution in [1.29, 1.82) is 0 Å². The Kier molecular flexibility index (Phi) is 4.18. The molecule has 3 aromatic rings. The van der Waals surface area contributed by atoms with E-state index in [1.807, 2.05) is 4.90 Å². The fraction of sp³-hybridized carbons (Fsp3) is 0.368. The molecule has 0 unspecified atom stereocenters. The number of anilines is 1. The van der Waals surface area contributed by atoms with Gasteiger partial charge in [-0.25, -0.2) is 18.7 Å². The fourth-order valence-electron chi connectivity index (χ4n) is 3.83. The van der Waals surface area contributed by atoms with E-state index < -0.39 is 22.9 Å². The summed E-state index contributed by atoms with van der Waals surface area (Å²) < 4.78 is 26.3. The SMILES string of the molecule is O=c1[nH]c2nc(N3CCC4(CC3)OCCO4)ncc2c(=O)n1-c1ccccc1F. The summed E-state index contributed by atoms with van der Waals surface area (Å²) in [6.45, 7) is 2.45. The van der Waals surface area contributed by atoms with E-state index in [0.29, 0.717) is 45.1 Å². The zero-order valence-electron chi connectivity index (χ0n) is 15.4. The highest BCUT2D eigenvalue weighted by Gasteiger charge is 2.40. The van der Waals surface area contributed by atoms with Gasteiger partial charge in [0.1, 0.15) is 11.2 Å². The zero-order chi connectivity index (χ0) is 20.0. The number of ether oxygens (including phenoxy) is 2. The molecule has 2 aliphatic rings. The number of benzene rings is 1. The van der Waals surface area contributed by atoms with Crippen LogP contribution < -0.4 is 16.1 Å². The molecule has 10 heteroatoms. The number of halogens is 1. The Morgan fingerprint density at radius 2 is 1.83 bits per heavy atom. The predicted molar refractivity (Wildman–Crippen MR) is 102 cm³/mol. The van der Waals surface area contributed by atoms with Crippen LogP contribution in [0.4, 0.5) is 10.3 Å². The molecule has 1 aromatic carbocycles. The van der Waals surface area contributed by atoms with Crippen molar-refractivity contribution in [3.8, 4) is 5.69 Å². The molecule has 0 atom stereocenters. The topological polar surface area (TPSA) is 102 Å². The normalized spacial score (nSPS) is 18.6. The van der Waals surface area contributed by atoms with Crippen molar-refractivity contribution in [1.82, 2.24) is 19.5 Å². The third-order valence-corrected chi connectivity index (χ3v) is 5.35. The van der Waals surface area contributed by atoms with E-state index in [4.69, 9.17) is 9.47 Å². The van der Waals surface area contributed by atoms with E-state index in [2.05, 4.69) is 15.0 Å². The molecule has 1 N–H and O–H groups in total. The number of piperidine rings is 1. The maximum atomic E-state index is 14.1. The molecule has 0 aliphatic carbocycles. The minimum absolute atomic E-state index is 0.104. The lowest BCUT2D eigenvalue weighted by Crippen LogP contribution is -2.45. The minimum Gasteiger partial charge on any atom is -0.347 e. The molecule has 0 bridgehead atoms. The van der Waals surface area contributed by atoms with Gasteiger partial charge in [-0.1, -0.05) is 12.1 Å². The highest BCUT2D eigenvalue weighted by atomic mass is 19.1. The van der Waals surface area contributed by atoms with Gasteiger partial charge in [-0.15, -0.1) is 0 Å². The van der Waals surface area contributed by atoms with Crippen LogP contribution in [-0.4, -0.2) is 51.6 Å². The van der Waals surface area contributed by atoms with Crippen molar-refractivity contribution in [2.24, 2.45) is 0 Å². The number of nitrogens with zero attached hydrogens (tertiary/aromatic N) is 4. The highest BCUT2D eigenvalue weighted by molar-refractivity contribution is 5.73. The lowest BCUT2D eigenvalue weighted by Gasteiger charge is -2.37. The Balaban J connectivity index is 1.51. The first kappa shape index (κ1) is 18.0. The number of rotatable bonds is 2. The first-order chi connectivity index (χ1) is 14.1. The lowest BCUT2D eigenvalue weighted by atomic mass is 10.0. The Hall–Kier alpha value is -3.11. The maximum Gasteiger partial charge on any atom is 0.334 e. The molecule has 29 heavy (non-hydrogen) atoms. The minimum atomic E-state index is -0.761. The van der Waals surface area contributed by atoms with Gasteiger partial charge < -0.3 is 14.4 Å². The van der Waals surface area contributed by atoms with Gasteiger partial charge >= 0.3 is 5.69 Å². The molecular weight excluding hydrogens is 381 g/mol. The van der Waals surface area contributed by atoms with Crippen molar-refractivity contribution >= 4 is 17.0 Å². The number of aromatic nitrogens is 4. The smallest absolute Gasteiger partial charge is 0.334 e. The molecule has 2 fully saturated rings. The van der Waals surface area contributed by atoms with Gasteiger partial charge in [0.15, 0.2) is 11.4 Å². The second-order valence-electron chi connectivity index (χ2n) is 7.05. The second-order valence-corrected chi connectivity index (χ2v) is 7.05. The number of fused-ring (bicyclic) bond motifs is 1. The summed E-state index contributed by atoms with van der Waals surface area (Å²) in [7, 11) is 0. The van der Waals surface area contributed by atoms with Gasteiger partial charge in [0.05, 0.1) is 18.9 Å². The van der Waals surface area contributed by atoms with E-state index in [1.54, 1.807) is 6.07 Å². The predicted octanol–water partition coefficient (Wildman–Crippen LogP) is 0.951. The molecule has 150 valence electrons. The maximum absolute atomic E-state index is 14.1. The van der Waals surface area contributed by atoms with E-state index in [-0.39, 0.29) is 16.7 Å². The van der Waals surface area contributed by atoms with Gasteiger partial charge in [0.2, 0.25) is 5.95 Å². The highest BCUT2D eigenvalue weighted by Crippen LogP contribution is 2.32. The number of aromatic amines is 1. The molecule has 2 saturated heterocycles. The molecule has 0 radical (unpaired) electrons. The van der Waals surface area contributed by atoms with Crippen molar-refractivity contribution in [3.05, 3.63) is 57.1 Å². The Morgan fingerprint density at radius 1 is 1.10 bits per heavy atom. The third-order valence-electron chi connectivity index (χ3n) is 5.35. The van der Waals surface area contributed by atoms with Gasteiger partial charge in [0, 0.05) is 32.1 Å². The van der Waals surface area contributed by atoms with Crippen LogP contribution in [0.15, 0.2) is 40.1 Å². The Labute approximate surface area is 163 Å². The number of para-hydroxylation sites is 1. The molecule has 2 aromatic heterocycles. The second kappa shape index (κ2) is 6.75. The summed E-state index contributed by atoms with van der Waals surface area (Å²) in [6, 6.07) is 5.59. The summed E-state index contributed by atoms with van der Waals surface area (Å²) in [5.41, 5.74) is -1.44. The fourth-order valence-corrected chi connectivity index (χ4v) is 3.83. The van der Waals surface area contributed by atoms with Crippen molar-refractivity contribution in [2.45, 2.75) is 18.6 Å². The monoisotopic (exact) mass is 399 g/mol. The van der Waals surface area contributed by atoms with E-state index >= 15 is 0 Å². The summed E-state index contributed by atoms with van der Waals surface area (Å²) >= 11 is 0. The van der Waals surface area contributed by atoms with Crippen LogP contribution in [0.3, 0.4) is 0 Å². The van der Waals surface area contributed by atoms with Gasteiger partial charge in [-0.2, -0.15) is 4.98 Å². The van der Waals surface area contributed by atoms with Crippen molar-refractivity contribution < 1.29 is 13.9 Å².